The van der Waals surface area contributed by atoms with Crippen molar-refractivity contribution in [2.75, 3.05) is 4.72 Å². The van der Waals surface area contributed by atoms with Gasteiger partial charge >= 0.3 is 5.97 Å². The molecule has 9 heteroatoms. The molecule has 3 rings (SSSR count). The fourth-order valence-electron chi connectivity index (χ4n) is 2.27. The molecule has 2 aromatic heterocycles. The number of sulfonamides is 1. The number of H-pyrrole nitrogens is 1. The van der Waals surface area contributed by atoms with Crippen molar-refractivity contribution in [1.29, 1.82) is 0 Å². The number of carboxylic acids is 1. The van der Waals surface area contributed by atoms with Gasteiger partial charge in [0.25, 0.3) is 10.0 Å². The van der Waals surface area contributed by atoms with Gasteiger partial charge in [0.15, 0.2) is 5.03 Å². The molecule has 2 aromatic rings. The first-order valence-corrected chi connectivity index (χ1v) is 8.19. The van der Waals surface area contributed by atoms with Crippen LogP contribution in [0.3, 0.4) is 0 Å². The van der Waals surface area contributed by atoms with Crippen LogP contribution in [0.25, 0.3) is 0 Å². The molecule has 0 saturated carbocycles. The maximum atomic E-state index is 12.1. The van der Waals surface area contributed by atoms with Crippen LogP contribution in [0, 0.1) is 0 Å². The topological polar surface area (TPSA) is 112 Å². The summed E-state index contributed by atoms with van der Waals surface area (Å²) in [4.78, 5) is 12.3. The summed E-state index contributed by atoms with van der Waals surface area (Å²) in [7, 11) is -3.83. The van der Waals surface area contributed by atoms with Crippen LogP contribution in [-0.2, 0) is 22.9 Å². The minimum absolute atomic E-state index is 0.0746. The van der Waals surface area contributed by atoms with Crippen molar-refractivity contribution in [3.63, 3.8) is 0 Å². The number of aromatic nitrogens is 2. The van der Waals surface area contributed by atoms with Crippen LogP contribution in [0.5, 0.6) is 0 Å². The van der Waals surface area contributed by atoms with Crippen molar-refractivity contribution < 1.29 is 18.3 Å². The Hall–Kier alpha value is -1.87. The van der Waals surface area contributed by atoms with E-state index in [1.165, 1.54) is 23.6 Å². The zero-order valence-electron chi connectivity index (χ0n) is 10.2. The van der Waals surface area contributed by atoms with Crippen molar-refractivity contribution in [3.05, 3.63) is 28.3 Å². The van der Waals surface area contributed by atoms with Crippen LogP contribution in [0.4, 0.5) is 5.00 Å². The monoisotopic (exact) mass is 313 g/mol. The third kappa shape index (κ3) is 2.08. The highest BCUT2D eigenvalue weighted by atomic mass is 32.2. The van der Waals surface area contributed by atoms with Crippen molar-refractivity contribution in [2.24, 2.45) is 0 Å². The van der Waals surface area contributed by atoms with Gasteiger partial charge in [0.2, 0.25) is 0 Å². The quantitative estimate of drug-likeness (QED) is 0.791. The summed E-state index contributed by atoms with van der Waals surface area (Å²) < 4.78 is 26.5. The SMILES string of the molecule is O=C(O)c1c(NS(=O)(=O)c2ccn[nH]2)sc2c1CCC2. The van der Waals surface area contributed by atoms with E-state index in [1.54, 1.807) is 0 Å². The molecule has 0 atom stereocenters. The zero-order valence-corrected chi connectivity index (χ0v) is 11.8. The largest absolute Gasteiger partial charge is 0.478 e. The van der Waals surface area contributed by atoms with E-state index >= 15 is 0 Å². The molecule has 3 N–H and O–H groups in total. The molecular weight excluding hydrogens is 302 g/mol. The molecule has 0 amide bonds. The van der Waals surface area contributed by atoms with Gasteiger partial charge in [-0.3, -0.25) is 9.82 Å². The summed E-state index contributed by atoms with van der Waals surface area (Å²) in [6.45, 7) is 0. The summed E-state index contributed by atoms with van der Waals surface area (Å²) >= 11 is 1.20. The van der Waals surface area contributed by atoms with Gasteiger partial charge in [-0.05, 0) is 30.9 Å². The average molecular weight is 313 g/mol. The number of anilines is 1. The Morgan fingerprint density at radius 1 is 1.45 bits per heavy atom. The Kier molecular flexibility index (Phi) is 3.02. The molecule has 0 saturated heterocycles. The first-order valence-electron chi connectivity index (χ1n) is 5.89. The Morgan fingerprint density at radius 2 is 2.25 bits per heavy atom. The number of hydrogen-bond donors (Lipinski definition) is 3. The molecule has 1 aliphatic carbocycles. The number of fused-ring (bicyclic) bond motifs is 1. The molecule has 1 aliphatic rings. The van der Waals surface area contributed by atoms with Crippen LogP contribution >= 0.6 is 11.3 Å². The lowest BCUT2D eigenvalue weighted by atomic mass is 10.1. The molecule has 106 valence electrons. The van der Waals surface area contributed by atoms with Crippen molar-refractivity contribution in [3.8, 4) is 0 Å². The molecule has 0 spiro atoms. The van der Waals surface area contributed by atoms with Gasteiger partial charge in [0.1, 0.15) is 5.00 Å². The van der Waals surface area contributed by atoms with Crippen molar-refractivity contribution in [2.45, 2.75) is 24.3 Å². The number of aromatic amines is 1. The Balaban J connectivity index is 2.02. The van der Waals surface area contributed by atoms with E-state index in [9.17, 15) is 18.3 Å². The van der Waals surface area contributed by atoms with Crippen LogP contribution in [0.2, 0.25) is 0 Å². The standard InChI is InChI=1S/C11H11N3O4S2/c15-11(16)9-6-2-1-3-7(6)19-10(9)14-20(17,18)8-4-5-12-13-8/h4-5,14H,1-3H2,(H,12,13)(H,15,16). The molecule has 0 unspecified atom stereocenters. The van der Waals surface area contributed by atoms with E-state index in [-0.39, 0.29) is 15.6 Å². The lowest BCUT2D eigenvalue weighted by molar-refractivity contribution is 0.0697. The number of thiophene rings is 1. The summed E-state index contributed by atoms with van der Waals surface area (Å²) in [5.41, 5.74) is 0.829. The molecule has 0 radical (unpaired) electrons. The number of rotatable bonds is 4. The molecule has 20 heavy (non-hydrogen) atoms. The van der Waals surface area contributed by atoms with Crippen molar-refractivity contribution in [1.82, 2.24) is 10.2 Å². The second-order valence-corrected chi connectivity index (χ2v) is 7.15. The maximum absolute atomic E-state index is 12.1. The summed E-state index contributed by atoms with van der Waals surface area (Å²) in [5.74, 6) is -1.10. The van der Waals surface area contributed by atoms with Crippen molar-refractivity contribution >= 4 is 32.3 Å². The van der Waals surface area contributed by atoms with E-state index in [4.69, 9.17) is 0 Å². The fraction of sp³-hybridized carbons (Fsp3) is 0.273. The molecule has 2 heterocycles. The molecule has 7 nitrogen and oxygen atoms in total. The first-order chi connectivity index (χ1) is 9.49. The molecule has 0 bridgehead atoms. The number of aromatic carboxylic acids is 1. The Morgan fingerprint density at radius 3 is 2.90 bits per heavy atom. The maximum Gasteiger partial charge on any atom is 0.339 e. The predicted octanol–water partition coefficient (Wildman–Crippen LogP) is 1.46. The van der Waals surface area contributed by atoms with E-state index in [2.05, 4.69) is 14.9 Å². The Labute approximate surface area is 118 Å². The normalized spacial score (nSPS) is 14.2. The smallest absolute Gasteiger partial charge is 0.339 e. The summed E-state index contributed by atoms with van der Waals surface area (Å²) in [6.07, 6.45) is 3.71. The number of hydrogen-bond acceptors (Lipinski definition) is 5. The second-order valence-electron chi connectivity index (χ2n) is 4.39. The van der Waals surface area contributed by atoms with Gasteiger partial charge < -0.3 is 5.11 Å². The minimum Gasteiger partial charge on any atom is -0.478 e. The lowest BCUT2D eigenvalue weighted by Gasteiger charge is -2.06. The van der Waals surface area contributed by atoms with Crippen LogP contribution < -0.4 is 4.72 Å². The summed E-state index contributed by atoms with van der Waals surface area (Å²) in [6, 6.07) is 1.31. The predicted molar refractivity (Wildman–Crippen MR) is 72.7 cm³/mol. The van der Waals surface area contributed by atoms with E-state index in [0.717, 1.165) is 23.3 Å². The summed E-state index contributed by atoms with van der Waals surface area (Å²) in [5, 5.41) is 15.3. The van der Waals surface area contributed by atoms with Crippen LogP contribution in [-0.4, -0.2) is 29.7 Å². The van der Waals surface area contributed by atoms with Gasteiger partial charge in [0.05, 0.1) is 11.8 Å². The zero-order chi connectivity index (χ0) is 14.3. The van der Waals surface area contributed by atoms with Gasteiger partial charge in [-0.15, -0.1) is 11.3 Å². The third-order valence-corrected chi connectivity index (χ3v) is 5.74. The third-order valence-electron chi connectivity index (χ3n) is 3.13. The second kappa shape index (κ2) is 4.60. The highest BCUT2D eigenvalue weighted by Crippen LogP contribution is 2.39. The number of nitrogens with one attached hydrogen (secondary N) is 2. The van der Waals surface area contributed by atoms with Crippen LogP contribution in [0.1, 0.15) is 27.2 Å². The van der Waals surface area contributed by atoms with E-state index in [1.807, 2.05) is 0 Å². The van der Waals surface area contributed by atoms with E-state index < -0.39 is 16.0 Å². The minimum atomic E-state index is -3.83. The molecule has 0 aromatic carbocycles. The molecular formula is C11H11N3O4S2. The average Bonchev–Trinajstić information content (AvgIpc) is 3.02. The number of carboxylic acid groups (broad SMARTS) is 1. The Bertz CT molecular complexity index is 762. The van der Waals surface area contributed by atoms with Gasteiger partial charge in [-0.2, -0.15) is 13.5 Å². The van der Waals surface area contributed by atoms with E-state index in [0.29, 0.717) is 6.42 Å². The highest BCUT2D eigenvalue weighted by Gasteiger charge is 2.29. The number of carbonyl (C=O) groups is 1. The highest BCUT2D eigenvalue weighted by molar-refractivity contribution is 7.92. The molecule has 0 aliphatic heterocycles. The van der Waals surface area contributed by atoms with Gasteiger partial charge in [-0.25, -0.2) is 4.79 Å². The van der Waals surface area contributed by atoms with Gasteiger partial charge in [0, 0.05) is 4.88 Å². The van der Waals surface area contributed by atoms with Gasteiger partial charge in [-0.1, -0.05) is 0 Å². The van der Waals surface area contributed by atoms with Crippen LogP contribution in [0.15, 0.2) is 17.3 Å². The molecule has 0 fully saturated rings. The fourth-order valence-corrected chi connectivity index (χ4v) is 4.77. The number of aryl methyl sites for hydroxylation is 1. The lowest BCUT2D eigenvalue weighted by Crippen LogP contribution is -2.15. The number of nitrogens with zero attached hydrogens (tertiary/aromatic N) is 1. The first kappa shape index (κ1) is 13.1.